The van der Waals surface area contributed by atoms with E-state index in [1.165, 1.54) is 12.1 Å². The molecule has 8 nitrogen and oxygen atoms in total. The number of nitrogens with zero attached hydrogens (tertiary/aromatic N) is 2. The van der Waals surface area contributed by atoms with Gasteiger partial charge in [-0.2, -0.15) is 0 Å². The van der Waals surface area contributed by atoms with Gasteiger partial charge in [-0.3, -0.25) is 15.0 Å². The van der Waals surface area contributed by atoms with Crippen molar-refractivity contribution in [1.82, 2.24) is 9.62 Å². The number of methoxy groups -OCH3 is 1. The van der Waals surface area contributed by atoms with Gasteiger partial charge in [0.15, 0.2) is 0 Å². The highest BCUT2D eigenvalue weighted by Crippen LogP contribution is 2.26. The summed E-state index contributed by atoms with van der Waals surface area (Å²) < 4.78 is 33.7. The first-order valence-electron chi connectivity index (χ1n) is 9.36. The van der Waals surface area contributed by atoms with Crippen LogP contribution in [0.3, 0.4) is 0 Å². The van der Waals surface area contributed by atoms with E-state index in [1.807, 2.05) is 38.1 Å². The minimum atomic E-state index is -3.93. The van der Waals surface area contributed by atoms with E-state index in [0.29, 0.717) is 11.3 Å². The number of benzene rings is 2. The third-order valence-electron chi connectivity index (χ3n) is 4.87. The fourth-order valence-corrected chi connectivity index (χ4v) is 4.53. The normalized spacial score (nSPS) is 12.7. The van der Waals surface area contributed by atoms with Crippen LogP contribution >= 0.6 is 0 Å². The Bertz CT molecular complexity index is 958. The van der Waals surface area contributed by atoms with E-state index in [0.717, 1.165) is 24.7 Å². The van der Waals surface area contributed by atoms with Crippen molar-refractivity contribution in [2.24, 2.45) is 0 Å². The van der Waals surface area contributed by atoms with Crippen LogP contribution in [0.5, 0.6) is 5.75 Å². The van der Waals surface area contributed by atoms with Crippen molar-refractivity contribution in [2.75, 3.05) is 26.7 Å². The van der Waals surface area contributed by atoms with E-state index < -0.39 is 14.9 Å². The van der Waals surface area contributed by atoms with Crippen molar-refractivity contribution in [2.45, 2.75) is 31.7 Å². The van der Waals surface area contributed by atoms with Crippen LogP contribution in [0.2, 0.25) is 0 Å². The second-order valence-electron chi connectivity index (χ2n) is 6.57. The van der Waals surface area contributed by atoms with E-state index in [-0.39, 0.29) is 23.2 Å². The van der Waals surface area contributed by atoms with E-state index in [4.69, 9.17) is 4.74 Å². The molecule has 0 saturated heterocycles. The van der Waals surface area contributed by atoms with Crippen LogP contribution in [-0.4, -0.2) is 45.0 Å². The first-order chi connectivity index (χ1) is 13.7. The minimum Gasteiger partial charge on any atom is -0.497 e. The van der Waals surface area contributed by atoms with E-state index in [2.05, 4.69) is 9.62 Å². The van der Waals surface area contributed by atoms with E-state index in [9.17, 15) is 18.5 Å². The van der Waals surface area contributed by atoms with Crippen molar-refractivity contribution < 1.29 is 18.1 Å². The van der Waals surface area contributed by atoms with Gasteiger partial charge in [0.05, 0.1) is 16.9 Å². The van der Waals surface area contributed by atoms with Crippen molar-refractivity contribution in [3.63, 3.8) is 0 Å². The van der Waals surface area contributed by atoms with Crippen LogP contribution in [0.25, 0.3) is 0 Å². The van der Waals surface area contributed by atoms with Gasteiger partial charge in [-0.25, -0.2) is 13.1 Å². The number of sulfonamides is 1. The number of likely N-dealkylation sites (N-methyl/N-ethyl adjacent to an activating group) is 1. The number of nitro benzene ring substituents is 1. The highest BCUT2D eigenvalue weighted by molar-refractivity contribution is 7.89. The molecule has 2 rings (SSSR count). The third kappa shape index (κ3) is 5.53. The van der Waals surface area contributed by atoms with E-state index in [1.54, 1.807) is 14.0 Å². The van der Waals surface area contributed by atoms with Crippen molar-refractivity contribution in [3.8, 4) is 5.75 Å². The molecule has 29 heavy (non-hydrogen) atoms. The second kappa shape index (κ2) is 9.82. The van der Waals surface area contributed by atoms with Gasteiger partial charge in [-0.15, -0.1) is 0 Å². The Morgan fingerprint density at radius 2 is 1.86 bits per heavy atom. The predicted molar refractivity (Wildman–Crippen MR) is 112 cm³/mol. The molecule has 0 spiro atoms. The van der Waals surface area contributed by atoms with E-state index >= 15 is 0 Å². The Kier molecular flexibility index (Phi) is 7.72. The molecule has 0 radical (unpaired) electrons. The fourth-order valence-electron chi connectivity index (χ4n) is 3.23. The van der Waals surface area contributed by atoms with Crippen LogP contribution in [0.4, 0.5) is 5.69 Å². The van der Waals surface area contributed by atoms with Crippen LogP contribution in [0, 0.1) is 17.0 Å². The Hall–Kier alpha value is -2.49. The largest absolute Gasteiger partial charge is 0.497 e. The zero-order valence-electron chi connectivity index (χ0n) is 17.1. The summed E-state index contributed by atoms with van der Waals surface area (Å²) >= 11 is 0. The molecule has 0 aromatic heterocycles. The maximum Gasteiger partial charge on any atom is 0.270 e. The van der Waals surface area contributed by atoms with Gasteiger partial charge in [0.1, 0.15) is 5.75 Å². The number of nitrogens with one attached hydrogen (secondary N) is 1. The third-order valence-corrected chi connectivity index (χ3v) is 6.44. The molecule has 0 bridgehead atoms. The molecule has 0 fully saturated rings. The number of aryl methyl sites for hydroxylation is 1. The molecule has 158 valence electrons. The average Bonchev–Trinajstić information content (AvgIpc) is 2.71. The Morgan fingerprint density at radius 1 is 1.17 bits per heavy atom. The number of hydrogen-bond donors (Lipinski definition) is 1. The smallest absolute Gasteiger partial charge is 0.270 e. The molecule has 0 aliphatic heterocycles. The van der Waals surface area contributed by atoms with Gasteiger partial charge in [-0.05, 0) is 43.3 Å². The lowest BCUT2D eigenvalue weighted by Crippen LogP contribution is -2.38. The maximum atomic E-state index is 12.9. The second-order valence-corrected chi connectivity index (χ2v) is 8.31. The lowest BCUT2D eigenvalue weighted by Gasteiger charge is -2.30. The predicted octanol–water partition coefficient (Wildman–Crippen LogP) is 3.27. The molecule has 1 unspecified atom stereocenters. The van der Waals surface area contributed by atoms with Crippen molar-refractivity contribution >= 4 is 15.7 Å². The molecule has 1 N–H and O–H groups in total. The topological polar surface area (TPSA) is 102 Å². The van der Waals surface area contributed by atoms with Crippen molar-refractivity contribution in [3.05, 3.63) is 63.7 Å². The number of hydrogen-bond acceptors (Lipinski definition) is 6. The van der Waals surface area contributed by atoms with Gasteiger partial charge in [0.25, 0.3) is 5.69 Å². The summed E-state index contributed by atoms with van der Waals surface area (Å²) in [6.45, 7) is 7.22. The lowest BCUT2D eigenvalue weighted by molar-refractivity contribution is -0.385. The summed E-state index contributed by atoms with van der Waals surface area (Å²) in [6.07, 6.45) is 0. The molecule has 0 heterocycles. The first-order valence-corrected chi connectivity index (χ1v) is 10.8. The van der Waals surface area contributed by atoms with Crippen molar-refractivity contribution in [1.29, 1.82) is 0 Å². The zero-order valence-corrected chi connectivity index (χ0v) is 17.9. The Labute approximate surface area is 171 Å². The monoisotopic (exact) mass is 421 g/mol. The molecule has 0 aliphatic rings. The number of non-ortho nitro benzene ring substituents is 1. The van der Waals surface area contributed by atoms with Gasteiger partial charge < -0.3 is 4.74 Å². The molecule has 2 aromatic carbocycles. The standard InChI is InChI=1S/C20H27N3O5S/c1-5-22(6-2)19(16-8-7-9-18(12-16)28-4)14-21-29(26,27)20-13-17(23(24)25)11-10-15(20)3/h7-13,19,21H,5-6,14H2,1-4H3. The van der Waals surface area contributed by atoms with Crippen LogP contribution < -0.4 is 9.46 Å². The van der Waals surface area contributed by atoms with Gasteiger partial charge in [0.2, 0.25) is 10.0 Å². The highest BCUT2D eigenvalue weighted by Gasteiger charge is 2.24. The lowest BCUT2D eigenvalue weighted by atomic mass is 10.0. The Morgan fingerprint density at radius 3 is 2.45 bits per heavy atom. The van der Waals surface area contributed by atoms with Crippen LogP contribution in [0.1, 0.15) is 31.0 Å². The number of rotatable bonds is 10. The van der Waals surface area contributed by atoms with Crippen LogP contribution in [-0.2, 0) is 10.0 Å². The number of ether oxygens (including phenoxy) is 1. The molecule has 0 amide bonds. The summed E-state index contributed by atoms with van der Waals surface area (Å²) in [5.74, 6) is 0.692. The highest BCUT2D eigenvalue weighted by atomic mass is 32.2. The summed E-state index contributed by atoms with van der Waals surface area (Å²) in [5.41, 5.74) is 1.11. The quantitative estimate of drug-likeness (QED) is 0.467. The molecule has 2 aromatic rings. The molecule has 9 heteroatoms. The molecule has 0 saturated carbocycles. The molecular formula is C20H27N3O5S. The average molecular weight is 422 g/mol. The SMILES string of the molecule is CCN(CC)C(CNS(=O)(=O)c1cc([N+](=O)[O-])ccc1C)c1cccc(OC)c1. The molecular weight excluding hydrogens is 394 g/mol. The molecule has 1 atom stereocenters. The number of nitro groups is 1. The Balaban J connectivity index is 2.34. The summed E-state index contributed by atoms with van der Waals surface area (Å²) in [4.78, 5) is 12.5. The maximum absolute atomic E-state index is 12.9. The zero-order chi connectivity index (χ0) is 21.6. The van der Waals surface area contributed by atoms with Gasteiger partial charge >= 0.3 is 0 Å². The first kappa shape index (κ1) is 22.8. The fraction of sp³-hybridized carbons (Fsp3) is 0.400. The summed E-state index contributed by atoms with van der Waals surface area (Å²) in [6, 6.07) is 11.1. The minimum absolute atomic E-state index is 0.0874. The molecule has 0 aliphatic carbocycles. The summed E-state index contributed by atoms with van der Waals surface area (Å²) in [5, 5.41) is 11.0. The van der Waals surface area contributed by atoms with Crippen LogP contribution in [0.15, 0.2) is 47.4 Å². The van der Waals surface area contributed by atoms with Gasteiger partial charge in [0, 0.05) is 24.7 Å². The van der Waals surface area contributed by atoms with Gasteiger partial charge in [-0.1, -0.05) is 32.0 Å². The summed E-state index contributed by atoms with van der Waals surface area (Å²) in [7, 11) is -2.35.